The monoisotopic (exact) mass is 528 g/mol. The number of halogens is 2. The molecule has 0 spiro atoms. The van der Waals surface area contributed by atoms with Crippen LogP contribution in [-0.2, 0) is 11.2 Å². The number of amides is 1. The maximum absolute atomic E-state index is 12.9. The number of guanidine groups is 1. The lowest BCUT2D eigenvalue weighted by Crippen LogP contribution is -2.41. The minimum Gasteiger partial charge on any atom is -0.388 e. The Morgan fingerprint density at radius 3 is 2.37 bits per heavy atom. The Hall–Kier alpha value is -2.20. The van der Waals surface area contributed by atoms with E-state index in [2.05, 4.69) is 20.9 Å². The second-order valence-corrected chi connectivity index (χ2v) is 6.56. The fourth-order valence-electron chi connectivity index (χ4n) is 2.72. The van der Waals surface area contributed by atoms with Gasteiger partial charge in [0.25, 0.3) is 0 Å². The first kappa shape index (κ1) is 25.8. The van der Waals surface area contributed by atoms with Crippen LogP contribution < -0.4 is 16.0 Å². The first-order chi connectivity index (χ1) is 14.1. The number of carbonyl (C=O) groups excluding carboxylic acids is 1. The third-order valence-electron chi connectivity index (χ3n) is 4.22. The predicted molar refractivity (Wildman–Crippen MR) is 129 cm³/mol. The van der Waals surface area contributed by atoms with E-state index in [0.717, 1.165) is 11.1 Å². The molecule has 0 aliphatic heterocycles. The molecule has 1 amide bonds. The molecule has 164 valence electrons. The van der Waals surface area contributed by atoms with Gasteiger partial charge in [0.2, 0.25) is 5.91 Å². The van der Waals surface area contributed by atoms with E-state index in [9.17, 15) is 14.3 Å². The number of hydrogen-bond donors (Lipinski definition) is 4. The van der Waals surface area contributed by atoms with Crippen LogP contribution in [0.4, 0.5) is 4.39 Å². The van der Waals surface area contributed by atoms with Crippen molar-refractivity contribution in [3.05, 3.63) is 71.5 Å². The highest BCUT2D eigenvalue weighted by molar-refractivity contribution is 14.0. The summed E-state index contributed by atoms with van der Waals surface area (Å²) in [6, 6.07) is 15.4. The number of hydrogen-bond acceptors (Lipinski definition) is 3. The van der Waals surface area contributed by atoms with Gasteiger partial charge >= 0.3 is 0 Å². The van der Waals surface area contributed by atoms with E-state index in [-0.39, 0.29) is 42.1 Å². The molecular formula is C22H30FIN4O2. The molecule has 0 fully saturated rings. The standard InChI is InChI=1S/C22H29FN4O2.HI/c1-2-24-22(26-13-12-20(28)18-6-4-3-5-7-18)27-15-14-25-21(29)16-17-8-10-19(23)11-9-17;/h3-11,20,28H,2,12-16H2,1H3,(H,25,29)(H2,24,26,27);1H. The van der Waals surface area contributed by atoms with E-state index < -0.39 is 6.10 Å². The number of nitrogens with zero attached hydrogens (tertiary/aromatic N) is 1. The van der Waals surface area contributed by atoms with Gasteiger partial charge < -0.3 is 21.1 Å². The van der Waals surface area contributed by atoms with Crippen LogP contribution in [0.15, 0.2) is 59.6 Å². The molecule has 0 aliphatic carbocycles. The van der Waals surface area contributed by atoms with Crippen molar-refractivity contribution >= 4 is 35.8 Å². The molecule has 4 N–H and O–H groups in total. The number of carbonyl (C=O) groups is 1. The fraction of sp³-hybridized carbons (Fsp3) is 0.364. The zero-order valence-corrected chi connectivity index (χ0v) is 19.4. The Morgan fingerprint density at radius 2 is 1.70 bits per heavy atom. The first-order valence-corrected chi connectivity index (χ1v) is 9.84. The minimum absolute atomic E-state index is 0. The van der Waals surface area contributed by atoms with E-state index in [1.165, 1.54) is 12.1 Å². The lowest BCUT2D eigenvalue weighted by Gasteiger charge is -2.13. The van der Waals surface area contributed by atoms with Crippen molar-refractivity contribution < 1.29 is 14.3 Å². The summed E-state index contributed by atoms with van der Waals surface area (Å²) in [7, 11) is 0. The summed E-state index contributed by atoms with van der Waals surface area (Å²) >= 11 is 0. The van der Waals surface area contributed by atoms with Gasteiger partial charge in [-0.3, -0.25) is 9.79 Å². The molecule has 6 nitrogen and oxygen atoms in total. The molecule has 8 heteroatoms. The van der Waals surface area contributed by atoms with Crippen molar-refractivity contribution in [3.8, 4) is 0 Å². The van der Waals surface area contributed by atoms with Gasteiger partial charge in [0.05, 0.1) is 12.5 Å². The number of aliphatic hydroxyl groups excluding tert-OH is 1. The van der Waals surface area contributed by atoms with Crippen LogP contribution in [0, 0.1) is 5.82 Å². The maximum atomic E-state index is 12.9. The molecular weight excluding hydrogens is 498 g/mol. The third-order valence-corrected chi connectivity index (χ3v) is 4.22. The topological polar surface area (TPSA) is 85.8 Å². The number of aliphatic hydroxyl groups is 1. The van der Waals surface area contributed by atoms with Crippen LogP contribution in [0.5, 0.6) is 0 Å². The Labute approximate surface area is 194 Å². The van der Waals surface area contributed by atoms with Crippen LogP contribution in [0.1, 0.15) is 30.6 Å². The molecule has 0 radical (unpaired) electrons. The van der Waals surface area contributed by atoms with Gasteiger partial charge in [-0.2, -0.15) is 0 Å². The zero-order chi connectivity index (χ0) is 20.9. The van der Waals surface area contributed by atoms with E-state index in [1.807, 2.05) is 37.3 Å². The van der Waals surface area contributed by atoms with Crippen LogP contribution >= 0.6 is 24.0 Å². The predicted octanol–water partition coefficient (Wildman–Crippen LogP) is 2.78. The third kappa shape index (κ3) is 10.0. The molecule has 2 aromatic carbocycles. The number of rotatable bonds is 10. The summed E-state index contributed by atoms with van der Waals surface area (Å²) < 4.78 is 12.9. The van der Waals surface area contributed by atoms with Crippen molar-refractivity contribution in [2.24, 2.45) is 4.99 Å². The van der Waals surface area contributed by atoms with Gasteiger partial charge in [-0.15, -0.1) is 24.0 Å². The average Bonchev–Trinajstić information content (AvgIpc) is 2.73. The molecule has 0 bridgehead atoms. The molecule has 1 unspecified atom stereocenters. The van der Waals surface area contributed by atoms with Crippen molar-refractivity contribution in [1.82, 2.24) is 16.0 Å². The molecule has 0 aromatic heterocycles. The van der Waals surface area contributed by atoms with E-state index in [1.54, 1.807) is 12.1 Å². The van der Waals surface area contributed by atoms with Crippen LogP contribution in [0.3, 0.4) is 0 Å². The van der Waals surface area contributed by atoms with Crippen LogP contribution in [0.2, 0.25) is 0 Å². The smallest absolute Gasteiger partial charge is 0.224 e. The SMILES string of the molecule is CCNC(=NCCC(O)c1ccccc1)NCCNC(=O)Cc1ccc(F)cc1.I. The Kier molecular flexibility index (Phi) is 12.7. The van der Waals surface area contributed by atoms with Gasteiger partial charge in [-0.05, 0) is 36.6 Å². The van der Waals surface area contributed by atoms with Crippen molar-refractivity contribution in [3.63, 3.8) is 0 Å². The minimum atomic E-state index is -0.548. The highest BCUT2D eigenvalue weighted by Gasteiger charge is 2.07. The van der Waals surface area contributed by atoms with Crippen molar-refractivity contribution in [2.45, 2.75) is 25.9 Å². The molecule has 2 aromatic rings. The van der Waals surface area contributed by atoms with Crippen LogP contribution in [0.25, 0.3) is 0 Å². The summed E-state index contributed by atoms with van der Waals surface area (Å²) in [5, 5.41) is 19.3. The highest BCUT2D eigenvalue weighted by Crippen LogP contribution is 2.15. The lowest BCUT2D eigenvalue weighted by atomic mass is 10.1. The molecule has 0 saturated heterocycles. The van der Waals surface area contributed by atoms with Gasteiger partial charge in [0, 0.05) is 26.2 Å². The van der Waals surface area contributed by atoms with Gasteiger partial charge in [-0.1, -0.05) is 42.5 Å². The maximum Gasteiger partial charge on any atom is 0.224 e. The van der Waals surface area contributed by atoms with Gasteiger partial charge in [0.15, 0.2) is 5.96 Å². The largest absolute Gasteiger partial charge is 0.388 e. The van der Waals surface area contributed by atoms with Crippen molar-refractivity contribution in [1.29, 1.82) is 0 Å². The lowest BCUT2D eigenvalue weighted by molar-refractivity contribution is -0.120. The number of nitrogens with one attached hydrogen (secondary N) is 3. The van der Waals surface area contributed by atoms with Crippen molar-refractivity contribution in [2.75, 3.05) is 26.2 Å². The average molecular weight is 528 g/mol. The zero-order valence-electron chi connectivity index (χ0n) is 17.1. The molecule has 0 saturated carbocycles. The molecule has 0 heterocycles. The van der Waals surface area contributed by atoms with E-state index >= 15 is 0 Å². The summed E-state index contributed by atoms with van der Waals surface area (Å²) in [5.41, 5.74) is 1.65. The Bertz CT molecular complexity index is 772. The van der Waals surface area contributed by atoms with E-state index in [0.29, 0.717) is 38.6 Å². The molecule has 30 heavy (non-hydrogen) atoms. The summed E-state index contributed by atoms with van der Waals surface area (Å²) in [6.45, 7) is 4.12. The van der Waals surface area contributed by atoms with Gasteiger partial charge in [0.1, 0.15) is 5.82 Å². The van der Waals surface area contributed by atoms with Gasteiger partial charge in [-0.25, -0.2) is 4.39 Å². The summed E-state index contributed by atoms with van der Waals surface area (Å²) in [4.78, 5) is 16.4. The second kappa shape index (κ2) is 14.7. The second-order valence-electron chi connectivity index (χ2n) is 6.56. The Balaban J connectivity index is 0.00000450. The summed E-state index contributed by atoms with van der Waals surface area (Å²) in [5.74, 6) is 0.205. The molecule has 1 atom stereocenters. The summed E-state index contributed by atoms with van der Waals surface area (Å²) in [6.07, 6.45) is 0.189. The quantitative estimate of drug-likeness (QED) is 0.166. The van der Waals surface area contributed by atoms with Crippen LogP contribution in [-0.4, -0.2) is 43.2 Å². The first-order valence-electron chi connectivity index (χ1n) is 9.84. The molecule has 2 rings (SSSR count). The Morgan fingerprint density at radius 1 is 1.03 bits per heavy atom. The number of benzene rings is 2. The normalized spacial score (nSPS) is 11.9. The fourth-order valence-corrected chi connectivity index (χ4v) is 2.72. The number of aliphatic imine (C=N–C) groups is 1. The molecule has 0 aliphatic rings. The highest BCUT2D eigenvalue weighted by atomic mass is 127. The van der Waals surface area contributed by atoms with E-state index in [4.69, 9.17) is 0 Å².